The van der Waals surface area contributed by atoms with Crippen LogP contribution in [0, 0.1) is 5.92 Å². The summed E-state index contributed by atoms with van der Waals surface area (Å²) in [4.78, 5) is 22.1. The van der Waals surface area contributed by atoms with E-state index in [-0.39, 0.29) is 11.9 Å². The number of alkyl halides is 1. The highest BCUT2D eigenvalue weighted by Gasteiger charge is 2.18. The molecule has 0 aromatic carbocycles. The number of allylic oxidation sites excluding steroid dienone is 3. The Labute approximate surface area is 238 Å². The van der Waals surface area contributed by atoms with Crippen LogP contribution >= 0.6 is 0 Å². The number of anilines is 1. The molecule has 40 heavy (non-hydrogen) atoms. The molecule has 3 heterocycles. The summed E-state index contributed by atoms with van der Waals surface area (Å²) >= 11 is 0. The number of hydrogen-bond acceptors (Lipinski definition) is 5. The van der Waals surface area contributed by atoms with E-state index >= 15 is 0 Å². The van der Waals surface area contributed by atoms with Crippen LogP contribution < -0.4 is 5.32 Å². The maximum atomic E-state index is 13.3. The summed E-state index contributed by atoms with van der Waals surface area (Å²) in [6.07, 6.45) is 10.1. The highest BCUT2D eigenvalue weighted by atomic mass is 19.1. The number of pyridine rings is 2. The van der Waals surface area contributed by atoms with Crippen molar-refractivity contribution in [1.82, 2.24) is 24.7 Å². The number of halogens is 1. The van der Waals surface area contributed by atoms with Crippen LogP contribution in [0.3, 0.4) is 0 Å². The topological polar surface area (TPSA) is 85.6 Å². The summed E-state index contributed by atoms with van der Waals surface area (Å²) < 4.78 is 14.9. The lowest BCUT2D eigenvalue weighted by atomic mass is 10.0. The number of carbonyl (C=O) groups excluding carboxylic acids is 1. The minimum Gasteiger partial charge on any atom is -0.309 e. The predicted molar refractivity (Wildman–Crippen MR) is 162 cm³/mol. The fourth-order valence-electron chi connectivity index (χ4n) is 4.12. The summed E-state index contributed by atoms with van der Waals surface area (Å²) in [5.74, 6) is 1.36. The average molecular weight is 547 g/mol. The molecule has 0 aliphatic heterocycles. The zero-order valence-corrected chi connectivity index (χ0v) is 24.9. The maximum absolute atomic E-state index is 13.3. The van der Waals surface area contributed by atoms with Crippen LogP contribution in [-0.4, -0.2) is 30.6 Å². The van der Waals surface area contributed by atoms with Gasteiger partial charge in [-0.25, -0.2) is 9.37 Å². The summed E-state index contributed by atoms with van der Waals surface area (Å²) in [7, 11) is 0. The first-order valence-corrected chi connectivity index (χ1v) is 14.0. The van der Waals surface area contributed by atoms with Crippen LogP contribution in [0.25, 0.3) is 17.1 Å². The molecule has 0 radical (unpaired) electrons. The Bertz CT molecular complexity index is 1310. The molecule has 8 heteroatoms. The first-order chi connectivity index (χ1) is 19.3. The van der Waals surface area contributed by atoms with E-state index in [0.29, 0.717) is 40.1 Å². The molecule has 214 valence electrons. The summed E-state index contributed by atoms with van der Waals surface area (Å²) in [5.41, 5.74) is 3.55. The fourth-order valence-corrected chi connectivity index (χ4v) is 4.12. The van der Waals surface area contributed by atoms with Gasteiger partial charge in [-0.05, 0) is 80.0 Å². The Hall–Kier alpha value is -3.94. The third kappa shape index (κ3) is 8.79. The van der Waals surface area contributed by atoms with E-state index in [9.17, 15) is 9.18 Å². The standard InChI is InChI=1S/C30H37FN6O.C2H6/c1-7-22(23-13-14-24(17-31)32-18-23)16-26(21(5)6)30(38)35-28-11-9-10-27(34-28)29-36-33-19-37(29)25(8-2)15-12-20(3)4;1-2/h7,9-11,13-14,16,18-20,25H,5,8,12,15,17H2,1-4,6H3,(H,34,35,38);1-2H3/b22-7+,26-16+;. The first kappa shape index (κ1) is 32.3. The van der Waals surface area contributed by atoms with Gasteiger partial charge in [0.05, 0.1) is 5.69 Å². The van der Waals surface area contributed by atoms with Gasteiger partial charge in [0.15, 0.2) is 5.82 Å². The number of carbonyl (C=O) groups is 1. The SMILES string of the molecule is C=C(C)/C(=C\C(=C/C)c1ccc(CF)nc1)C(=O)Nc1cccc(-c2nncn2C(CC)CCC(C)C)n1.CC. The second kappa shape index (κ2) is 16.2. The number of nitrogens with one attached hydrogen (secondary N) is 1. The predicted octanol–water partition coefficient (Wildman–Crippen LogP) is 8.16. The molecule has 0 fully saturated rings. The van der Waals surface area contributed by atoms with Gasteiger partial charge in [-0.1, -0.05) is 59.4 Å². The Morgan fingerprint density at radius 3 is 2.50 bits per heavy atom. The molecule has 0 aliphatic carbocycles. The number of aromatic nitrogens is 5. The quantitative estimate of drug-likeness (QED) is 0.183. The van der Waals surface area contributed by atoms with E-state index in [0.717, 1.165) is 30.4 Å². The smallest absolute Gasteiger partial charge is 0.257 e. The lowest BCUT2D eigenvalue weighted by molar-refractivity contribution is -0.112. The second-order valence-corrected chi connectivity index (χ2v) is 9.71. The van der Waals surface area contributed by atoms with Gasteiger partial charge in [-0.3, -0.25) is 9.78 Å². The normalized spacial score (nSPS) is 12.5. The Morgan fingerprint density at radius 1 is 1.18 bits per heavy atom. The van der Waals surface area contributed by atoms with Crippen molar-refractivity contribution in [2.24, 2.45) is 5.92 Å². The number of hydrogen-bond donors (Lipinski definition) is 1. The van der Waals surface area contributed by atoms with Crippen molar-refractivity contribution >= 4 is 17.3 Å². The van der Waals surface area contributed by atoms with Crippen molar-refractivity contribution in [3.05, 3.63) is 84.0 Å². The monoisotopic (exact) mass is 546 g/mol. The Kier molecular flexibility index (Phi) is 13.1. The van der Waals surface area contributed by atoms with Crippen LogP contribution in [0.1, 0.15) is 85.0 Å². The van der Waals surface area contributed by atoms with Gasteiger partial charge in [-0.2, -0.15) is 0 Å². The molecule has 0 saturated heterocycles. The molecule has 0 saturated carbocycles. The van der Waals surface area contributed by atoms with Gasteiger partial charge >= 0.3 is 0 Å². The molecular formula is C32H43FN6O. The molecule has 1 atom stereocenters. The maximum Gasteiger partial charge on any atom is 0.257 e. The van der Waals surface area contributed by atoms with Gasteiger partial charge in [0.25, 0.3) is 5.91 Å². The lowest BCUT2D eigenvalue weighted by Crippen LogP contribution is -2.16. The van der Waals surface area contributed by atoms with E-state index in [1.807, 2.05) is 39.0 Å². The molecule has 0 bridgehead atoms. The fraction of sp³-hybridized carbons (Fsp3) is 0.406. The van der Waals surface area contributed by atoms with Crippen LogP contribution in [-0.2, 0) is 11.5 Å². The van der Waals surface area contributed by atoms with Crippen molar-refractivity contribution in [3.8, 4) is 11.5 Å². The van der Waals surface area contributed by atoms with Crippen molar-refractivity contribution in [2.75, 3.05) is 5.32 Å². The van der Waals surface area contributed by atoms with Crippen LogP contribution in [0.4, 0.5) is 10.2 Å². The van der Waals surface area contributed by atoms with E-state index in [1.54, 1.807) is 43.7 Å². The van der Waals surface area contributed by atoms with Crippen molar-refractivity contribution < 1.29 is 9.18 Å². The van der Waals surface area contributed by atoms with Gasteiger partial charge in [0.2, 0.25) is 0 Å². The molecule has 0 aliphatic rings. The van der Waals surface area contributed by atoms with Gasteiger partial charge in [0, 0.05) is 17.8 Å². The molecule has 3 aromatic rings. The van der Waals surface area contributed by atoms with E-state index in [2.05, 4.69) is 57.4 Å². The lowest BCUT2D eigenvalue weighted by Gasteiger charge is -2.19. The summed E-state index contributed by atoms with van der Waals surface area (Å²) in [6, 6.07) is 9.14. The minimum atomic E-state index is -0.625. The van der Waals surface area contributed by atoms with Gasteiger partial charge in [-0.15, -0.1) is 10.2 Å². The molecule has 3 aromatic heterocycles. The van der Waals surface area contributed by atoms with E-state index in [1.165, 1.54) is 0 Å². The van der Waals surface area contributed by atoms with Crippen molar-refractivity contribution in [2.45, 2.75) is 80.4 Å². The van der Waals surface area contributed by atoms with Crippen LogP contribution in [0.2, 0.25) is 0 Å². The van der Waals surface area contributed by atoms with E-state index < -0.39 is 6.67 Å². The molecule has 1 N–H and O–H groups in total. The minimum absolute atomic E-state index is 0.271. The zero-order chi connectivity index (χ0) is 29.7. The third-order valence-electron chi connectivity index (χ3n) is 6.34. The Morgan fingerprint density at radius 2 is 1.93 bits per heavy atom. The Balaban J connectivity index is 0.00000274. The highest BCUT2D eigenvalue weighted by molar-refractivity contribution is 6.08. The second-order valence-electron chi connectivity index (χ2n) is 9.71. The van der Waals surface area contributed by atoms with Gasteiger partial charge in [0.1, 0.15) is 24.5 Å². The molecular weight excluding hydrogens is 503 g/mol. The van der Waals surface area contributed by atoms with Crippen LogP contribution in [0.5, 0.6) is 0 Å². The molecule has 7 nitrogen and oxygen atoms in total. The molecule has 1 amide bonds. The molecule has 1 unspecified atom stereocenters. The zero-order valence-electron chi connectivity index (χ0n) is 24.9. The van der Waals surface area contributed by atoms with Gasteiger partial charge < -0.3 is 9.88 Å². The van der Waals surface area contributed by atoms with Crippen molar-refractivity contribution in [1.29, 1.82) is 0 Å². The van der Waals surface area contributed by atoms with Crippen LogP contribution in [0.15, 0.2) is 72.7 Å². The molecule has 3 rings (SSSR count). The summed E-state index contributed by atoms with van der Waals surface area (Å²) in [5, 5.41) is 11.4. The molecule has 0 spiro atoms. The summed E-state index contributed by atoms with van der Waals surface area (Å²) in [6.45, 7) is 17.6. The first-order valence-electron chi connectivity index (χ1n) is 14.0. The number of nitrogens with zero attached hydrogens (tertiary/aromatic N) is 5. The number of amides is 1. The van der Waals surface area contributed by atoms with Crippen molar-refractivity contribution in [3.63, 3.8) is 0 Å². The number of rotatable bonds is 12. The largest absolute Gasteiger partial charge is 0.309 e. The average Bonchev–Trinajstić information content (AvgIpc) is 3.45. The third-order valence-corrected chi connectivity index (χ3v) is 6.34. The highest BCUT2D eigenvalue weighted by Crippen LogP contribution is 2.27. The van der Waals surface area contributed by atoms with E-state index in [4.69, 9.17) is 0 Å².